The number of esters is 1. The zero-order chi connectivity index (χ0) is 13.7. The Kier molecular flexibility index (Phi) is 5.22. The first-order valence-corrected chi connectivity index (χ1v) is 7.78. The largest absolute Gasteiger partial charge is 0.468 e. The number of likely N-dealkylation sites (N-methyl/N-ethyl adjacent to an activating group) is 1. The second kappa shape index (κ2) is 6.71. The fraction of sp³-hybridized carbons (Fsp3) is 0.933. The van der Waals surface area contributed by atoms with E-state index in [1.807, 2.05) is 0 Å². The number of hydrogen-bond donors (Lipinski definition) is 1. The van der Waals surface area contributed by atoms with Crippen molar-refractivity contribution in [2.75, 3.05) is 33.3 Å². The van der Waals surface area contributed by atoms with Gasteiger partial charge in [0.25, 0.3) is 0 Å². The van der Waals surface area contributed by atoms with E-state index in [0.29, 0.717) is 5.92 Å². The Hall–Kier alpha value is -0.610. The third-order valence-corrected chi connectivity index (χ3v) is 4.85. The van der Waals surface area contributed by atoms with Crippen LogP contribution in [-0.4, -0.2) is 49.7 Å². The molecule has 0 aromatic heterocycles. The monoisotopic (exact) mass is 268 g/mol. The van der Waals surface area contributed by atoms with Gasteiger partial charge < -0.3 is 15.0 Å². The molecule has 1 aliphatic heterocycles. The van der Waals surface area contributed by atoms with Crippen molar-refractivity contribution in [1.82, 2.24) is 10.2 Å². The molecule has 2 fully saturated rings. The summed E-state index contributed by atoms with van der Waals surface area (Å²) in [5, 5.41) is 3.44. The lowest BCUT2D eigenvalue weighted by molar-refractivity contribution is -0.150. The normalized spacial score (nSPS) is 31.8. The highest BCUT2D eigenvalue weighted by molar-refractivity contribution is 5.81. The van der Waals surface area contributed by atoms with Gasteiger partial charge in [-0.1, -0.05) is 13.3 Å². The molecule has 2 rings (SSSR count). The average Bonchev–Trinajstić information content (AvgIpc) is 3.05. The van der Waals surface area contributed by atoms with E-state index in [-0.39, 0.29) is 5.97 Å². The first-order chi connectivity index (χ1) is 9.23. The number of nitrogens with one attached hydrogen (secondary N) is 1. The van der Waals surface area contributed by atoms with Crippen LogP contribution in [-0.2, 0) is 9.53 Å². The van der Waals surface area contributed by atoms with Crippen LogP contribution in [0.4, 0.5) is 0 Å². The lowest BCUT2D eigenvalue weighted by atomic mass is 9.84. The smallest absolute Gasteiger partial charge is 0.326 e. The number of ether oxygens (including phenoxy) is 1. The minimum Gasteiger partial charge on any atom is -0.468 e. The Morgan fingerprint density at radius 3 is 2.74 bits per heavy atom. The molecule has 0 amide bonds. The van der Waals surface area contributed by atoms with Crippen LogP contribution in [0.1, 0.15) is 45.4 Å². The zero-order valence-electron chi connectivity index (χ0n) is 12.4. The number of hydrogen-bond acceptors (Lipinski definition) is 4. The van der Waals surface area contributed by atoms with Gasteiger partial charge in [-0.25, -0.2) is 0 Å². The molecule has 0 radical (unpaired) electrons. The molecular weight excluding hydrogens is 240 g/mol. The van der Waals surface area contributed by atoms with Gasteiger partial charge >= 0.3 is 5.97 Å². The maximum absolute atomic E-state index is 12.2. The van der Waals surface area contributed by atoms with E-state index in [0.717, 1.165) is 38.8 Å². The summed E-state index contributed by atoms with van der Waals surface area (Å²) in [5.41, 5.74) is -0.413. The highest BCUT2D eigenvalue weighted by atomic mass is 16.5. The van der Waals surface area contributed by atoms with Gasteiger partial charge in [0.15, 0.2) is 0 Å². The van der Waals surface area contributed by atoms with Gasteiger partial charge in [-0.2, -0.15) is 0 Å². The molecule has 2 atom stereocenters. The molecule has 1 saturated carbocycles. The third-order valence-electron chi connectivity index (χ3n) is 4.85. The summed E-state index contributed by atoms with van der Waals surface area (Å²) in [4.78, 5) is 14.8. The molecule has 2 unspecified atom stereocenters. The number of likely N-dealkylation sites (tertiary alicyclic amines) is 1. The van der Waals surface area contributed by atoms with Crippen molar-refractivity contribution in [3.05, 3.63) is 0 Å². The van der Waals surface area contributed by atoms with Gasteiger partial charge in [-0.05, 0) is 64.2 Å². The van der Waals surface area contributed by atoms with Crippen LogP contribution in [0.15, 0.2) is 0 Å². The number of carbonyl (C=O) groups excluding carboxylic acids is 1. The van der Waals surface area contributed by atoms with E-state index in [9.17, 15) is 4.79 Å². The minimum atomic E-state index is -0.413. The van der Waals surface area contributed by atoms with E-state index in [4.69, 9.17) is 4.74 Å². The molecule has 110 valence electrons. The van der Waals surface area contributed by atoms with Crippen molar-refractivity contribution in [1.29, 1.82) is 0 Å². The summed E-state index contributed by atoms with van der Waals surface area (Å²) in [6.45, 7) is 6.50. The molecule has 0 aromatic carbocycles. The molecule has 0 bridgehead atoms. The van der Waals surface area contributed by atoms with Crippen LogP contribution in [0.3, 0.4) is 0 Å². The maximum atomic E-state index is 12.2. The number of rotatable bonds is 6. The molecule has 2 aliphatic rings. The Morgan fingerprint density at radius 2 is 2.11 bits per heavy atom. The molecule has 4 nitrogen and oxygen atoms in total. The van der Waals surface area contributed by atoms with Gasteiger partial charge in [0, 0.05) is 0 Å². The second-order valence-corrected chi connectivity index (χ2v) is 5.92. The van der Waals surface area contributed by atoms with Crippen LogP contribution in [0.2, 0.25) is 0 Å². The molecule has 19 heavy (non-hydrogen) atoms. The number of methoxy groups -OCH3 is 1. The molecule has 4 heteroatoms. The van der Waals surface area contributed by atoms with Crippen molar-refractivity contribution in [3.8, 4) is 0 Å². The second-order valence-electron chi connectivity index (χ2n) is 5.92. The van der Waals surface area contributed by atoms with Gasteiger partial charge in [0.1, 0.15) is 5.54 Å². The molecule has 1 heterocycles. The Balaban J connectivity index is 1.97. The van der Waals surface area contributed by atoms with Crippen LogP contribution in [0.25, 0.3) is 0 Å². The first-order valence-electron chi connectivity index (χ1n) is 7.78. The topological polar surface area (TPSA) is 41.6 Å². The quantitative estimate of drug-likeness (QED) is 0.746. The maximum Gasteiger partial charge on any atom is 0.326 e. The van der Waals surface area contributed by atoms with Crippen LogP contribution in [0, 0.1) is 5.92 Å². The summed E-state index contributed by atoms with van der Waals surface area (Å²) in [6, 6.07) is 0. The van der Waals surface area contributed by atoms with Crippen molar-refractivity contribution in [2.24, 2.45) is 5.92 Å². The summed E-state index contributed by atoms with van der Waals surface area (Å²) in [5.74, 6) is 0.374. The standard InChI is InChI=1S/C15H28N2O2/c1-3-16-15(14(18)19-2)9-6-7-13(15)8-12-17-10-4-5-11-17/h13,16H,3-12H2,1-2H3. The van der Waals surface area contributed by atoms with Crippen LogP contribution < -0.4 is 5.32 Å². The van der Waals surface area contributed by atoms with Gasteiger partial charge in [-0.15, -0.1) is 0 Å². The first kappa shape index (κ1) is 14.8. The van der Waals surface area contributed by atoms with Crippen molar-refractivity contribution in [3.63, 3.8) is 0 Å². The zero-order valence-corrected chi connectivity index (χ0v) is 12.4. The number of nitrogens with zero attached hydrogens (tertiary/aromatic N) is 1. The fourth-order valence-electron chi connectivity index (χ4n) is 3.88. The lowest BCUT2D eigenvalue weighted by Gasteiger charge is -2.34. The predicted octanol–water partition coefficient (Wildman–Crippen LogP) is 1.79. The molecular formula is C15H28N2O2. The number of carbonyl (C=O) groups is 1. The summed E-state index contributed by atoms with van der Waals surface area (Å²) in [6.07, 6.45) is 6.99. The highest BCUT2D eigenvalue weighted by Gasteiger charge is 2.49. The highest BCUT2D eigenvalue weighted by Crippen LogP contribution is 2.39. The Bertz CT molecular complexity index is 303. The molecule has 0 aromatic rings. The summed E-state index contributed by atoms with van der Waals surface area (Å²) >= 11 is 0. The van der Waals surface area contributed by atoms with Crippen LogP contribution >= 0.6 is 0 Å². The molecule has 1 aliphatic carbocycles. The SMILES string of the molecule is CCNC1(C(=O)OC)CCCC1CCN1CCCC1. The van der Waals surface area contributed by atoms with Crippen LogP contribution in [0.5, 0.6) is 0 Å². The van der Waals surface area contributed by atoms with E-state index < -0.39 is 5.54 Å². The lowest BCUT2D eigenvalue weighted by Crippen LogP contribution is -2.55. The Labute approximate surface area is 116 Å². The van der Waals surface area contributed by atoms with Crippen molar-refractivity contribution >= 4 is 5.97 Å². The molecule has 1 saturated heterocycles. The van der Waals surface area contributed by atoms with E-state index in [2.05, 4.69) is 17.1 Å². The van der Waals surface area contributed by atoms with Crippen molar-refractivity contribution < 1.29 is 9.53 Å². The van der Waals surface area contributed by atoms with Gasteiger partial charge in [-0.3, -0.25) is 4.79 Å². The average molecular weight is 268 g/mol. The minimum absolute atomic E-state index is 0.0572. The fourth-order valence-corrected chi connectivity index (χ4v) is 3.88. The summed E-state index contributed by atoms with van der Waals surface area (Å²) in [7, 11) is 1.51. The van der Waals surface area contributed by atoms with Gasteiger partial charge in [0.05, 0.1) is 7.11 Å². The van der Waals surface area contributed by atoms with Crippen molar-refractivity contribution in [2.45, 2.75) is 51.0 Å². The van der Waals surface area contributed by atoms with Gasteiger partial charge in [0.2, 0.25) is 0 Å². The van der Waals surface area contributed by atoms with E-state index in [1.54, 1.807) is 0 Å². The summed E-state index contributed by atoms with van der Waals surface area (Å²) < 4.78 is 5.08. The molecule has 0 spiro atoms. The van der Waals surface area contributed by atoms with E-state index in [1.165, 1.54) is 33.0 Å². The van der Waals surface area contributed by atoms with E-state index >= 15 is 0 Å². The molecule has 1 N–H and O–H groups in total. The predicted molar refractivity (Wildman–Crippen MR) is 76.1 cm³/mol. The third kappa shape index (κ3) is 3.11. The Morgan fingerprint density at radius 1 is 1.37 bits per heavy atom.